The number of Topliss-reactive ketones (excluding diaryl/α,β-unsaturated/α-hetero) is 1. The molecule has 0 aliphatic carbocycles. The predicted molar refractivity (Wildman–Crippen MR) is 78.7 cm³/mol. The molecule has 0 amide bonds. The Balaban J connectivity index is 1.74. The SMILES string of the molecule is O=C(CCN1CCOCC1)c1cc2ccccc2oc1=O. The Morgan fingerprint density at radius 2 is 1.95 bits per heavy atom. The van der Waals surface area contributed by atoms with Crippen LogP contribution in [0, 0.1) is 0 Å². The van der Waals surface area contributed by atoms with E-state index in [1.807, 2.05) is 12.1 Å². The van der Waals surface area contributed by atoms with Crippen LogP contribution in [0.4, 0.5) is 0 Å². The molecule has 110 valence electrons. The number of rotatable bonds is 4. The highest BCUT2D eigenvalue weighted by molar-refractivity contribution is 5.98. The molecular formula is C16H17NO4. The van der Waals surface area contributed by atoms with Crippen LogP contribution in [0.2, 0.25) is 0 Å². The predicted octanol–water partition coefficient (Wildman–Crippen LogP) is 1.70. The summed E-state index contributed by atoms with van der Waals surface area (Å²) in [5, 5.41) is 0.770. The van der Waals surface area contributed by atoms with Gasteiger partial charge in [-0.25, -0.2) is 4.79 Å². The first kappa shape index (κ1) is 14.0. The van der Waals surface area contributed by atoms with E-state index in [-0.39, 0.29) is 11.3 Å². The smallest absolute Gasteiger partial charge is 0.347 e. The molecule has 1 saturated heterocycles. The number of carbonyl (C=O) groups is 1. The Hall–Kier alpha value is -1.98. The van der Waals surface area contributed by atoms with E-state index in [1.165, 1.54) is 0 Å². The van der Waals surface area contributed by atoms with Crippen molar-refractivity contribution in [3.8, 4) is 0 Å². The van der Waals surface area contributed by atoms with Gasteiger partial charge in [0.25, 0.3) is 0 Å². The Kier molecular flexibility index (Phi) is 4.13. The molecule has 1 aromatic carbocycles. The van der Waals surface area contributed by atoms with Crippen molar-refractivity contribution in [2.24, 2.45) is 0 Å². The highest BCUT2D eigenvalue weighted by Crippen LogP contribution is 2.13. The third kappa shape index (κ3) is 3.20. The molecule has 5 nitrogen and oxygen atoms in total. The van der Waals surface area contributed by atoms with Crippen molar-refractivity contribution in [3.63, 3.8) is 0 Å². The second-order valence-corrected chi connectivity index (χ2v) is 5.11. The summed E-state index contributed by atoms with van der Waals surface area (Å²) in [6.45, 7) is 3.71. The Bertz CT molecular complexity index is 701. The zero-order valence-corrected chi connectivity index (χ0v) is 11.7. The van der Waals surface area contributed by atoms with E-state index in [2.05, 4.69) is 4.90 Å². The number of benzene rings is 1. The summed E-state index contributed by atoms with van der Waals surface area (Å²) in [5.74, 6) is -0.166. The lowest BCUT2D eigenvalue weighted by atomic mass is 10.1. The van der Waals surface area contributed by atoms with Crippen LogP contribution in [0.1, 0.15) is 16.8 Å². The van der Waals surface area contributed by atoms with Crippen LogP contribution in [0.15, 0.2) is 39.5 Å². The number of hydrogen-bond donors (Lipinski definition) is 0. The van der Waals surface area contributed by atoms with Crippen LogP contribution < -0.4 is 5.63 Å². The Morgan fingerprint density at radius 1 is 1.19 bits per heavy atom. The van der Waals surface area contributed by atoms with Gasteiger partial charge < -0.3 is 9.15 Å². The number of hydrogen-bond acceptors (Lipinski definition) is 5. The number of para-hydroxylation sites is 1. The number of morpholine rings is 1. The maximum absolute atomic E-state index is 12.2. The van der Waals surface area contributed by atoms with Crippen LogP contribution in [0.5, 0.6) is 0 Å². The highest BCUT2D eigenvalue weighted by atomic mass is 16.5. The lowest BCUT2D eigenvalue weighted by Gasteiger charge is -2.26. The molecule has 1 aliphatic rings. The van der Waals surface area contributed by atoms with E-state index in [0.717, 1.165) is 18.5 Å². The fourth-order valence-electron chi connectivity index (χ4n) is 2.48. The van der Waals surface area contributed by atoms with Gasteiger partial charge in [-0.15, -0.1) is 0 Å². The van der Waals surface area contributed by atoms with Gasteiger partial charge in [0, 0.05) is 31.4 Å². The van der Waals surface area contributed by atoms with E-state index < -0.39 is 5.63 Å². The number of ether oxygens (including phenoxy) is 1. The molecule has 3 rings (SSSR count). The van der Waals surface area contributed by atoms with Crippen LogP contribution in [-0.2, 0) is 4.74 Å². The summed E-state index contributed by atoms with van der Waals surface area (Å²) in [7, 11) is 0. The molecule has 21 heavy (non-hydrogen) atoms. The molecule has 0 spiro atoms. The van der Waals surface area contributed by atoms with E-state index in [1.54, 1.807) is 18.2 Å². The number of carbonyl (C=O) groups excluding carboxylic acids is 1. The summed E-state index contributed by atoms with van der Waals surface area (Å²) in [6, 6.07) is 8.83. The summed E-state index contributed by atoms with van der Waals surface area (Å²) in [4.78, 5) is 26.3. The minimum atomic E-state index is -0.555. The standard InChI is InChI=1S/C16H17NO4/c18-14(5-6-17-7-9-20-10-8-17)13-11-12-3-1-2-4-15(12)21-16(13)19/h1-4,11H,5-10H2. The van der Waals surface area contributed by atoms with Crippen molar-refractivity contribution in [1.29, 1.82) is 0 Å². The number of ketones is 1. The van der Waals surface area contributed by atoms with Gasteiger partial charge >= 0.3 is 5.63 Å². The lowest BCUT2D eigenvalue weighted by Crippen LogP contribution is -2.37. The average molecular weight is 287 g/mol. The van der Waals surface area contributed by atoms with Crippen molar-refractivity contribution < 1.29 is 13.9 Å². The normalized spacial score (nSPS) is 16.2. The first-order chi connectivity index (χ1) is 10.2. The van der Waals surface area contributed by atoms with Crippen LogP contribution in [-0.4, -0.2) is 43.5 Å². The molecule has 0 unspecified atom stereocenters. The second kappa shape index (κ2) is 6.20. The van der Waals surface area contributed by atoms with Gasteiger partial charge in [-0.3, -0.25) is 9.69 Å². The van der Waals surface area contributed by atoms with Gasteiger partial charge in [0.05, 0.1) is 13.2 Å². The van der Waals surface area contributed by atoms with Gasteiger partial charge in [0.15, 0.2) is 5.78 Å². The van der Waals surface area contributed by atoms with Crippen molar-refractivity contribution in [2.45, 2.75) is 6.42 Å². The number of nitrogens with zero attached hydrogens (tertiary/aromatic N) is 1. The van der Waals surface area contributed by atoms with Crippen LogP contribution in [0.25, 0.3) is 11.0 Å². The summed E-state index contributed by atoms with van der Waals surface area (Å²) >= 11 is 0. The van der Waals surface area contributed by atoms with E-state index in [4.69, 9.17) is 9.15 Å². The molecule has 1 aromatic heterocycles. The molecule has 0 bridgehead atoms. The minimum absolute atomic E-state index is 0.141. The molecule has 2 aromatic rings. The molecule has 0 N–H and O–H groups in total. The van der Waals surface area contributed by atoms with Crippen molar-refractivity contribution in [1.82, 2.24) is 4.90 Å². The van der Waals surface area contributed by atoms with Gasteiger partial charge in [-0.2, -0.15) is 0 Å². The van der Waals surface area contributed by atoms with Gasteiger partial charge in [0.1, 0.15) is 11.1 Å². The summed E-state index contributed by atoms with van der Waals surface area (Å²) < 4.78 is 10.5. The van der Waals surface area contributed by atoms with Gasteiger partial charge in [0.2, 0.25) is 0 Å². The fraction of sp³-hybridized carbons (Fsp3) is 0.375. The Labute approximate surface area is 122 Å². The van der Waals surface area contributed by atoms with Crippen LogP contribution >= 0.6 is 0 Å². The van der Waals surface area contributed by atoms with E-state index in [0.29, 0.717) is 31.8 Å². The van der Waals surface area contributed by atoms with E-state index >= 15 is 0 Å². The third-order valence-electron chi connectivity index (χ3n) is 3.70. The van der Waals surface area contributed by atoms with Crippen molar-refractivity contribution >= 4 is 16.8 Å². The van der Waals surface area contributed by atoms with Crippen molar-refractivity contribution in [2.75, 3.05) is 32.8 Å². The van der Waals surface area contributed by atoms with Gasteiger partial charge in [-0.05, 0) is 12.1 Å². The molecule has 0 saturated carbocycles. The fourth-order valence-corrected chi connectivity index (χ4v) is 2.48. The molecule has 0 atom stereocenters. The largest absolute Gasteiger partial charge is 0.422 e. The summed E-state index contributed by atoms with van der Waals surface area (Å²) in [6.07, 6.45) is 0.323. The average Bonchev–Trinajstić information content (AvgIpc) is 2.53. The first-order valence-corrected chi connectivity index (χ1v) is 7.10. The molecule has 0 radical (unpaired) electrons. The Morgan fingerprint density at radius 3 is 2.76 bits per heavy atom. The van der Waals surface area contributed by atoms with Gasteiger partial charge in [-0.1, -0.05) is 18.2 Å². The third-order valence-corrected chi connectivity index (χ3v) is 3.70. The van der Waals surface area contributed by atoms with Crippen molar-refractivity contribution in [3.05, 3.63) is 46.3 Å². The van der Waals surface area contributed by atoms with Crippen LogP contribution in [0.3, 0.4) is 0 Å². The maximum Gasteiger partial charge on any atom is 0.347 e. The second-order valence-electron chi connectivity index (χ2n) is 5.11. The number of fused-ring (bicyclic) bond motifs is 1. The molecule has 1 fully saturated rings. The molecule has 1 aliphatic heterocycles. The molecular weight excluding hydrogens is 270 g/mol. The first-order valence-electron chi connectivity index (χ1n) is 7.10. The maximum atomic E-state index is 12.2. The monoisotopic (exact) mass is 287 g/mol. The quantitative estimate of drug-likeness (QED) is 0.632. The zero-order chi connectivity index (χ0) is 14.7. The molecule has 5 heteroatoms. The minimum Gasteiger partial charge on any atom is -0.422 e. The topological polar surface area (TPSA) is 59.8 Å². The summed E-state index contributed by atoms with van der Waals surface area (Å²) in [5.41, 5.74) is 0.0925. The molecule has 2 heterocycles. The highest BCUT2D eigenvalue weighted by Gasteiger charge is 2.16. The van der Waals surface area contributed by atoms with E-state index in [9.17, 15) is 9.59 Å². The lowest BCUT2D eigenvalue weighted by molar-refractivity contribution is 0.0370. The zero-order valence-electron chi connectivity index (χ0n) is 11.7.